The van der Waals surface area contributed by atoms with E-state index in [1.54, 1.807) is 0 Å². The summed E-state index contributed by atoms with van der Waals surface area (Å²) >= 11 is 6.26. The average Bonchev–Trinajstić information content (AvgIpc) is 2.82. The summed E-state index contributed by atoms with van der Waals surface area (Å²) in [6.07, 6.45) is 3.54. The Morgan fingerprint density at radius 3 is 3.00 bits per heavy atom. The molecule has 1 aromatic rings. The van der Waals surface area contributed by atoms with Gasteiger partial charge in [0.2, 0.25) is 0 Å². The standard InChI is InChI=1S/C11H18ClN3/c1-3-15-10(11(12)8(2)14-15)7-9-5-4-6-13-9/h9,13H,3-7H2,1-2H3. The molecule has 1 N–H and O–H groups in total. The maximum atomic E-state index is 6.26. The molecule has 0 bridgehead atoms. The van der Waals surface area contributed by atoms with Crippen molar-refractivity contribution in [1.82, 2.24) is 15.1 Å². The molecule has 1 aliphatic heterocycles. The Morgan fingerprint density at radius 1 is 1.60 bits per heavy atom. The molecule has 3 nitrogen and oxygen atoms in total. The fourth-order valence-electron chi connectivity index (χ4n) is 2.23. The zero-order chi connectivity index (χ0) is 10.8. The Hall–Kier alpha value is -0.540. The Bertz CT molecular complexity index is 340. The first-order valence-electron chi connectivity index (χ1n) is 5.67. The second kappa shape index (κ2) is 4.54. The fourth-order valence-corrected chi connectivity index (χ4v) is 2.44. The number of hydrogen-bond donors (Lipinski definition) is 1. The summed E-state index contributed by atoms with van der Waals surface area (Å²) in [4.78, 5) is 0. The van der Waals surface area contributed by atoms with Crippen molar-refractivity contribution in [1.29, 1.82) is 0 Å². The second-order valence-corrected chi connectivity index (χ2v) is 4.54. The first-order valence-corrected chi connectivity index (χ1v) is 6.05. The predicted molar refractivity (Wildman–Crippen MR) is 62.4 cm³/mol. The number of nitrogens with one attached hydrogen (secondary N) is 1. The molecule has 15 heavy (non-hydrogen) atoms. The normalized spacial score (nSPS) is 21.1. The van der Waals surface area contributed by atoms with Crippen LogP contribution in [0.3, 0.4) is 0 Å². The molecule has 1 aliphatic rings. The van der Waals surface area contributed by atoms with Crippen LogP contribution >= 0.6 is 11.6 Å². The van der Waals surface area contributed by atoms with Crippen LogP contribution in [0.1, 0.15) is 31.2 Å². The van der Waals surface area contributed by atoms with Crippen LogP contribution in [0.15, 0.2) is 0 Å². The van der Waals surface area contributed by atoms with Crippen LogP contribution in [0.25, 0.3) is 0 Å². The van der Waals surface area contributed by atoms with E-state index < -0.39 is 0 Å². The minimum atomic E-state index is 0.587. The summed E-state index contributed by atoms with van der Waals surface area (Å²) in [6, 6.07) is 0.587. The monoisotopic (exact) mass is 227 g/mol. The summed E-state index contributed by atoms with van der Waals surface area (Å²) in [5.74, 6) is 0. The minimum Gasteiger partial charge on any atom is -0.314 e. The predicted octanol–water partition coefficient (Wildman–Crippen LogP) is 2.16. The Labute approximate surface area is 95.8 Å². The van der Waals surface area contributed by atoms with E-state index in [-0.39, 0.29) is 0 Å². The largest absolute Gasteiger partial charge is 0.314 e. The van der Waals surface area contributed by atoms with Gasteiger partial charge in [-0.1, -0.05) is 11.6 Å². The second-order valence-electron chi connectivity index (χ2n) is 4.16. The number of aromatic nitrogens is 2. The minimum absolute atomic E-state index is 0.587. The van der Waals surface area contributed by atoms with Crippen molar-refractivity contribution >= 4 is 11.6 Å². The molecule has 1 atom stereocenters. The van der Waals surface area contributed by atoms with Gasteiger partial charge in [-0.3, -0.25) is 4.68 Å². The maximum Gasteiger partial charge on any atom is 0.0847 e. The van der Waals surface area contributed by atoms with E-state index in [1.165, 1.54) is 18.5 Å². The number of aryl methyl sites for hydroxylation is 2. The summed E-state index contributed by atoms with van der Waals surface area (Å²) < 4.78 is 2.03. The zero-order valence-electron chi connectivity index (χ0n) is 9.39. The van der Waals surface area contributed by atoms with Crippen LogP contribution in [0.2, 0.25) is 5.02 Å². The highest BCUT2D eigenvalue weighted by molar-refractivity contribution is 6.31. The Morgan fingerprint density at radius 2 is 2.40 bits per heavy atom. The van der Waals surface area contributed by atoms with Crippen LogP contribution in [-0.2, 0) is 13.0 Å². The molecule has 84 valence electrons. The van der Waals surface area contributed by atoms with Gasteiger partial charge in [0.25, 0.3) is 0 Å². The van der Waals surface area contributed by atoms with Crippen LogP contribution in [0, 0.1) is 6.92 Å². The zero-order valence-corrected chi connectivity index (χ0v) is 10.1. The topological polar surface area (TPSA) is 29.9 Å². The van der Waals surface area contributed by atoms with E-state index in [1.807, 2.05) is 11.6 Å². The van der Waals surface area contributed by atoms with E-state index in [0.29, 0.717) is 6.04 Å². The van der Waals surface area contributed by atoms with Crippen molar-refractivity contribution in [3.05, 3.63) is 16.4 Å². The molecule has 0 aromatic carbocycles. The van der Waals surface area contributed by atoms with Gasteiger partial charge in [-0.2, -0.15) is 5.10 Å². The smallest absolute Gasteiger partial charge is 0.0847 e. The number of halogens is 1. The molecule has 2 heterocycles. The molecule has 0 saturated carbocycles. The van der Waals surface area contributed by atoms with Crippen LogP contribution < -0.4 is 5.32 Å². The van der Waals surface area contributed by atoms with E-state index in [0.717, 1.165) is 30.2 Å². The van der Waals surface area contributed by atoms with Crippen molar-refractivity contribution in [2.24, 2.45) is 0 Å². The van der Waals surface area contributed by atoms with E-state index >= 15 is 0 Å². The fraction of sp³-hybridized carbons (Fsp3) is 0.727. The van der Waals surface area contributed by atoms with Crippen LogP contribution in [0.5, 0.6) is 0 Å². The third-order valence-electron chi connectivity index (χ3n) is 3.05. The van der Waals surface area contributed by atoms with E-state index in [4.69, 9.17) is 11.6 Å². The Balaban J connectivity index is 2.17. The summed E-state index contributed by atoms with van der Waals surface area (Å²) in [6.45, 7) is 6.12. The van der Waals surface area contributed by atoms with Gasteiger partial charge in [-0.05, 0) is 33.2 Å². The van der Waals surface area contributed by atoms with Gasteiger partial charge < -0.3 is 5.32 Å². The molecule has 1 aromatic heterocycles. The number of nitrogens with zero attached hydrogens (tertiary/aromatic N) is 2. The summed E-state index contributed by atoms with van der Waals surface area (Å²) in [7, 11) is 0. The first kappa shape index (κ1) is 11.0. The molecule has 4 heteroatoms. The lowest BCUT2D eigenvalue weighted by Crippen LogP contribution is -2.25. The summed E-state index contributed by atoms with van der Waals surface area (Å²) in [5, 5.41) is 8.77. The number of rotatable bonds is 3. The molecular weight excluding hydrogens is 210 g/mol. The van der Waals surface area contributed by atoms with Crippen molar-refractivity contribution < 1.29 is 0 Å². The van der Waals surface area contributed by atoms with Crippen molar-refractivity contribution in [3.8, 4) is 0 Å². The highest BCUT2D eigenvalue weighted by atomic mass is 35.5. The SMILES string of the molecule is CCn1nc(C)c(Cl)c1CC1CCCN1. The van der Waals surface area contributed by atoms with Gasteiger partial charge in [0.15, 0.2) is 0 Å². The molecule has 0 amide bonds. The lowest BCUT2D eigenvalue weighted by Gasteiger charge is -2.11. The third kappa shape index (κ3) is 2.18. The third-order valence-corrected chi connectivity index (χ3v) is 3.55. The first-order chi connectivity index (χ1) is 7.22. The van der Waals surface area contributed by atoms with Crippen molar-refractivity contribution in [3.63, 3.8) is 0 Å². The van der Waals surface area contributed by atoms with Gasteiger partial charge in [-0.15, -0.1) is 0 Å². The van der Waals surface area contributed by atoms with Crippen molar-refractivity contribution in [2.75, 3.05) is 6.54 Å². The molecular formula is C11H18ClN3. The van der Waals surface area contributed by atoms with Crippen molar-refractivity contribution in [2.45, 2.75) is 45.7 Å². The average molecular weight is 228 g/mol. The molecule has 1 saturated heterocycles. The van der Waals surface area contributed by atoms with Gasteiger partial charge in [0, 0.05) is 19.0 Å². The lowest BCUT2D eigenvalue weighted by molar-refractivity contribution is 0.547. The van der Waals surface area contributed by atoms with Crippen LogP contribution in [-0.4, -0.2) is 22.4 Å². The molecule has 0 aliphatic carbocycles. The van der Waals surface area contributed by atoms with Crippen LogP contribution in [0.4, 0.5) is 0 Å². The maximum absolute atomic E-state index is 6.26. The van der Waals surface area contributed by atoms with Gasteiger partial charge in [0.1, 0.15) is 0 Å². The Kier molecular flexibility index (Phi) is 3.32. The molecule has 1 fully saturated rings. The highest BCUT2D eigenvalue weighted by Gasteiger charge is 2.20. The highest BCUT2D eigenvalue weighted by Crippen LogP contribution is 2.23. The molecule has 2 rings (SSSR count). The van der Waals surface area contributed by atoms with E-state index in [9.17, 15) is 0 Å². The van der Waals surface area contributed by atoms with Gasteiger partial charge in [0.05, 0.1) is 16.4 Å². The molecule has 0 radical (unpaired) electrons. The van der Waals surface area contributed by atoms with Gasteiger partial charge in [-0.25, -0.2) is 0 Å². The van der Waals surface area contributed by atoms with Gasteiger partial charge >= 0.3 is 0 Å². The molecule has 0 spiro atoms. The van der Waals surface area contributed by atoms with E-state index in [2.05, 4.69) is 17.3 Å². The lowest BCUT2D eigenvalue weighted by atomic mass is 10.1. The molecule has 1 unspecified atom stereocenters. The number of hydrogen-bond acceptors (Lipinski definition) is 2. The quantitative estimate of drug-likeness (QED) is 0.858. The summed E-state index contributed by atoms with van der Waals surface area (Å²) in [5.41, 5.74) is 2.14.